The molecule has 4 rings (SSSR count). The lowest BCUT2D eigenvalue weighted by atomic mass is 9.79. The van der Waals surface area contributed by atoms with E-state index >= 15 is 0 Å². The molecule has 0 saturated heterocycles. The van der Waals surface area contributed by atoms with Crippen LogP contribution in [0.4, 0.5) is 4.79 Å². The molecule has 2 aliphatic rings. The van der Waals surface area contributed by atoms with Crippen LogP contribution >= 0.6 is 0 Å². The van der Waals surface area contributed by atoms with Gasteiger partial charge in [0.2, 0.25) is 5.91 Å². The van der Waals surface area contributed by atoms with Crippen molar-refractivity contribution < 1.29 is 24.2 Å². The standard InChI is InChI=1S/C26H30N2O5/c1-2-8-22(25(30)31)27-24(29)23(16-9-7-10-16)28-26(32)33-15-21-19-13-5-3-11-17(19)18-12-4-6-14-20(18)21/h3-6,11-14,16,21-23H,2,7-10,15H2,1H3,(H,27,29)(H,28,32)(H,30,31)/t22-,23?/m1/s1. The number of amides is 2. The van der Waals surface area contributed by atoms with Crippen LogP contribution in [0.2, 0.25) is 0 Å². The summed E-state index contributed by atoms with van der Waals surface area (Å²) in [5.41, 5.74) is 4.52. The number of alkyl carbamates (subject to hydrolysis) is 1. The van der Waals surface area contributed by atoms with Gasteiger partial charge in [-0.1, -0.05) is 68.3 Å². The summed E-state index contributed by atoms with van der Waals surface area (Å²) in [4.78, 5) is 37.0. The van der Waals surface area contributed by atoms with E-state index in [1.165, 1.54) is 0 Å². The van der Waals surface area contributed by atoms with Crippen molar-refractivity contribution in [2.75, 3.05) is 6.61 Å². The van der Waals surface area contributed by atoms with E-state index in [1.54, 1.807) is 0 Å². The number of nitrogens with one attached hydrogen (secondary N) is 2. The number of carboxylic acids is 1. The monoisotopic (exact) mass is 450 g/mol. The van der Waals surface area contributed by atoms with E-state index in [1.807, 2.05) is 43.3 Å². The fourth-order valence-electron chi connectivity index (χ4n) is 4.75. The fraction of sp³-hybridized carbons (Fsp3) is 0.423. The highest BCUT2D eigenvalue weighted by Gasteiger charge is 2.36. The van der Waals surface area contributed by atoms with Crippen LogP contribution in [0.3, 0.4) is 0 Å². The average Bonchev–Trinajstić information content (AvgIpc) is 3.09. The first-order valence-corrected chi connectivity index (χ1v) is 11.6. The normalized spacial score (nSPS) is 16.6. The highest BCUT2D eigenvalue weighted by molar-refractivity contribution is 5.89. The number of aliphatic carboxylic acids is 1. The molecule has 2 aromatic carbocycles. The van der Waals surface area contributed by atoms with Gasteiger partial charge in [0.15, 0.2) is 0 Å². The second kappa shape index (κ2) is 10.1. The molecule has 0 spiro atoms. The van der Waals surface area contributed by atoms with E-state index in [9.17, 15) is 19.5 Å². The van der Waals surface area contributed by atoms with E-state index in [0.29, 0.717) is 12.8 Å². The van der Waals surface area contributed by atoms with Crippen LogP contribution in [0.1, 0.15) is 56.1 Å². The fourth-order valence-corrected chi connectivity index (χ4v) is 4.75. The van der Waals surface area contributed by atoms with Crippen LogP contribution in [0.25, 0.3) is 11.1 Å². The molecule has 174 valence electrons. The molecular weight excluding hydrogens is 420 g/mol. The van der Waals surface area contributed by atoms with Gasteiger partial charge in [-0.25, -0.2) is 9.59 Å². The molecule has 33 heavy (non-hydrogen) atoms. The zero-order valence-corrected chi connectivity index (χ0v) is 18.8. The molecule has 2 atom stereocenters. The van der Waals surface area contributed by atoms with Crippen LogP contribution in [-0.2, 0) is 14.3 Å². The molecule has 0 bridgehead atoms. The Balaban J connectivity index is 1.41. The van der Waals surface area contributed by atoms with Gasteiger partial charge in [0.05, 0.1) is 0 Å². The Morgan fingerprint density at radius 3 is 2.12 bits per heavy atom. The van der Waals surface area contributed by atoms with Gasteiger partial charge >= 0.3 is 12.1 Å². The summed E-state index contributed by atoms with van der Waals surface area (Å²) in [5, 5.41) is 14.7. The Morgan fingerprint density at radius 1 is 1.00 bits per heavy atom. The van der Waals surface area contributed by atoms with Crippen LogP contribution in [0.5, 0.6) is 0 Å². The zero-order chi connectivity index (χ0) is 23.4. The number of carbonyl (C=O) groups is 3. The quantitative estimate of drug-likeness (QED) is 0.534. The van der Waals surface area contributed by atoms with Gasteiger partial charge in [0, 0.05) is 5.92 Å². The molecule has 1 fully saturated rings. The van der Waals surface area contributed by atoms with Gasteiger partial charge in [-0.15, -0.1) is 0 Å². The number of hydrogen-bond donors (Lipinski definition) is 3. The van der Waals surface area contributed by atoms with Crippen molar-refractivity contribution >= 4 is 18.0 Å². The third kappa shape index (κ3) is 4.87. The number of benzene rings is 2. The van der Waals surface area contributed by atoms with Crippen LogP contribution in [0.15, 0.2) is 48.5 Å². The Labute approximate surface area is 193 Å². The molecule has 7 heteroatoms. The number of hydrogen-bond acceptors (Lipinski definition) is 4. The molecular formula is C26H30N2O5. The van der Waals surface area contributed by atoms with Crippen molar-refractivity contribution in [1.29, 1.82) is 0 Å². The third-order valence-electron chi connectivity index (χ3n) is 6.71. The second-order valence-corrected chi connectivity index (χ2v) is 8.83. The summed E-state index contributed by atoms with van der Waals surface area (Å²) < 4.78 is 5.59. The highest BCUT2D eigenvalue weighted by atomic mass is 16.5. The van der Waals surface area contributed by atoms with Gasteiger partial charge in [0.1, 0.15) is 18.7 Å². The maximum absolute atomic E-state index is 12.8. The lowest BCUT2D eigenvalue weighted by molar-refractivity contribution is -0.142. The van der Waals surface area contributed by atoms with Crippen LogP contribution in [-0.4, -0.2) is 41.8 Å². The summed E-state index contributed by atoms with van der Waals surface area (Å²) in [6, 6.07) is 14.4. The van der Waals surface area contributed by atoms with Gasteiger partial charge in [-0.2, -0.15) is 0 Å². The molecule has 0 aromatic heterocycles. The average molecular weight is 451 g/mol. The largest absolute Gasteiger partial charge is 0.480 e. The number of carboxylic acid groups (broad SMARTS) is 1. The molecule has 3 N–H and O–H groups in total. The number of rotatable bonds is 9. The Morgan fingerprint density at radius 2 is 1.61 bits per heavy atom. The molecule has 0 heterocycles. The van der Waals surface area contributed by atoms with Gasteiger partial charge in [0.25, 0.3) is 0 Å². The van der Waals surface area contributed by atoms with E-state index in [-0.39, 0.29) is 18.4 Å². The molecule has 7 nitrogen and oxygen atoms in total. The number of carbonyl (C=O) groups excluding carboxylic acids is 2. The summed E-state index contributed by atoms with van der Waals surface area (Å²) in [6.07, 6.45) is 2.92. The van der Waals surface area contributed by atoms with E-state index < -0.39 is 30.1 Å². The van der Waals surface area contributed by atoms with Crippen molar-refractivity contribution in [3.8, 4) is 11.1 Å². The SMILES string of the molecule is CCC[C@@H](NC(=O)C(NC(=O)OCC1c2ccccc2-c2ccccc21)C1CCC1)C(=O)O. The second-order valence-electron chi connectivity index (χ2n) is 8.83. The zero-order valence-electron chi connectivity index (χ0n) is 18.8. The number of fused-ring (bicyclic) bond motifs is 3. The molecule has 1 saturated carbocycles. The Kier molecular flexibility index (Phi) is 6.96. The molecule has 2 amide bonds. The maximum Gasteiger partial charge on any atom is 0.407 e. The molecule has 0 aliphatic heterocycles. The summed E-state index contributed by atoms with van der Waals surface area (Å²) in [6.45, 7) is 2.02. The van der Waals surface area contributed by atoms with E-state index in [0.717, 1.165) is 41.5 Å². The molecule has 2 aliphatic carbocycles. The first kappa shape index (κ1) is 22.8. The Bertz CT molecular complexity index is 987. The smallest absolute Gasteiger partial charge is 0.407 e. The van der Waals surface area contributed by atoms with Gasteiger partial charge < -0.3 is 20.5 Å². The van der Waals surface area contributed by atoms with Gasteiger partial charge in [-0.05, 0) is 47.4 Å². The predicted molar refractivity (Wildman–Crippen MR) is 124 cm³/mol. The Hall–Kier alpha value is -3.35. The molecule has 1 unspecified atom stereocenters. The predicted octanol–water partition coefficient (Wildman–Crippen LogP) is 4.06. The van der Waals surface area contributed by atoms with Crippen LogP contribution < -0.4 is 10.6 Å². The van der Waals surface area contributed by atoms with Crippen molar-refractivity contribution in [3.05, 3.63) is 59.7 Å². The number of ether oxygens (including phenoxy) is 1. The molecule has 0 radical (unpaired) electrons. The highest BCUT2D eigenvalue weighted by Crippen LogP contribution is 2.44. The minimum atomic E-state index is -1.07. The first-order valence-electron chi connectivity index (χ1n) is 11.6. The third-order valence-corrected chi connectivity index (χ3v) is 6.71. The summed E-state index contributed by atoms with van der Waals surface area (Å²) in [5.74, 6) is -1.62. The minimum absolute atomic E-state index is 0.0125. The van der Waals surface area contributed by atoms with Crippen LogP contribution in [0, 0.1) is 5.92 Å². The maximum atomic E-state index is 12.8. The lowest BCUT2D eigenvalue weighted by Gasteiger charge is -2.33. The minimum Gasteiger partial charge on any atom is -0.480 e. The van der Waals surface area contributed by atoms with E-state index in [4.69, 9.17) is 4.74 Å². The topological polar surface area (TPSA) is 105 Å². The lowest BCUT2D eigenvalue weighted by Crippen LogP contribution is -2.55. The van der Waals surface area contributed by atoms with Crippen molar-refractivity contribution in [2.45, 2.75) is 57.0 Å². The summed E-state index contributed by atoms with van der Waals surface area (Å²) >= 11 is 0. The van der Waals surface area contributed by atoms with Crippen molar-refractivity contribution in [1.82, 2.24) is 10.6 Å². The summed E-state index contributed by atoms with van der Waals surface area (Å²) in [7, 11) is 0. The van der Waals surface area contributed by atoms with E-state index in [2.05, 4.69) is 22.8 Å². The van der Waals surface area contributed by atoms with Gasteiger partial charge in [-0.3, -0.25) is 4.79 Å². The van der Waals surface area contributed by atoms with Crippen molar-refractivity contribution in [2.24, 2.45) is 5.92 Å². The van der Waals surface area contributed by atoms with Crippen molar-refractivity contribution in [3.63, 3.8) is 0 Å². The first-order chi connectivity index (χ1) is 16.0. The molecule has 2 aromatic rings.